The van der Waals surface area contributed by atoms with Gasteiger partial charge in [-0.25, -0.2) is 0 Å². The highest BCUT2D eigenvalue weighted by Crippen LogP contribution is 2.63. The van der Waals surface area contributed by atoms with Gasteiger partial charge in [-0.15, -0.1) is 0 Å². The molecule has 0 amide bonds. The Balaban J connectivity index is 2.02. The number of hydrogen-bond acceptors (Lipinski definition) is 3. The lowest BCUT2D eigenvalue weighted by atomic mass is 9.45. The van der Waals surface area contributed by atoms with Gasteiger partial charge >= 0.3 is 5.97 Å². The summed E-state index contributed by atoms with van der Waals surface area (Å²) in [5, 5.41) is 0. The van der Waals surface area contributed by atoms with Crippen LogP contribution in [0.15, 0.2) is 11.6 Å². The highest BCUT2D eigenvalue weighted by molar-refractivity contribution is 6.10. The number of rotatable bonds is 1. The van der Waals surface area contributed by atoms with Crippen LogP contribution in [0.2, 0.25) is 0 Å². The first-order valence-electron chi connectivity index (χ1n) is 8.98. The number of ether oxygens (including phenoxy) is 1. The monoisotopic (exact) mass is 318 g/mol. The summed E-state index contributed by atoms with van der Waals surface area (Å²) < 4.78 is 4.96. The molecule has 3 heteroatoms. The molecular weight excluding hydrogens is 288 g/mol. The maximum atomic E-state index is 12.6. The fourth-order valence-electron chi connectivity index (χ4n) is 6.00. The highest BCUT2D eigenvalue weighted by Gasteiger charge is 2.58. The van der Waals surface area contributed by atoms with Gasteiger partial charge in [0.05, 0.1) is 7.11 Å². The molecular formula is C20H30O3. The van der Waals surface area contributed by atoms with Crippen LogP contribution in [0, 0.1) is 28.1 Å². The van der Waals surface area contributed by atoms with E-state index in [-0.39, 0.29) is 17.2 Å². The second-order valence-electron chi connectivity index (χ2n) is 9.10. The van der Waals surface area contributed by atoms with Crippen molar-refractivity contribution in [1.29, 1.82) is 0 Å². The molecule has 23 heavy (non-hydrogen) atoms. The molecule has 0 radical (unpaired) electrons. The zero-order valence-electron chi connectivity index (χ0n) is 15.2. The second-order valence-corrected chi connectivity index (χ2v) is 9.10. The predicted octanol–water partition coefficient (Wildman–Crippen LogP) is 4.31. The molecule has 2 fully saturated rings. The van der Waals surface area contributed by atoms with Crippen molar-refractivity contribution in [3.05, 3.63) is 11.6 Å². The molecule has 0 unspecified atom stereocenters. The Bertz CT molecular complexity index is 573. The number of allylic oxidation sites excluding steroid dienone is 2. The minimum atomic E-state index is -1.00. The summed E-state index contributed by atoms with van der Waals surface area (Å²) in [4.78, 5) is 24.9. The van der Waals surface area contributed by atoms with Gasteiger partial charge < -0.3 is 4.74 Å². The molecule has 0 N–H and O–H groups in total. The van der Waals surface area contributed by atoms with Gasteiger partial charge in [-0.3, -0.25) is 9.59 Å². The van der Waals surface area contributed by atoms with E-state index in [4.69, 9.17) is 4.74 Å². The maximum Gasteiger partial charge on any atom is 0.319 e. The second kappa shape index (κ2) is 5.19. The Labute approximate surface area is 139 Å². The molecule has 3 aliphatic rings. The minimum Gasteiger partial charge on any atom is -0.468 e. The molecule has 0 saturated heterocycles. The SMILES string of the molecule is COC(=O)[C@@]1(C)C[C@H]2C(=CC1=O)CC[C@H]1C(C)(C)CCC[C@]21C. The van der Waals surface area contributed by atoms with Crippen molar-refractivity contribution in [3.63, 3.8) is 0 Å². The van der Waals surface area contributed by atoms with Crippen molar-refractivity contribution >= 4 is 11.8 Å². The van der Waals surface area contributed by atoms with Gasteiger partial charge in [-0.1, -0.05) is 32.8 Å². The quantitative estimate of drug-likeness (QED) is 0.534. The summed E-state index contributed by atoms with van der Waals surface area (Å²) in [6, 6.07) is 0. The number of ketones is 1. The molecule has 3 nitrogen and oxygen atoms in total. The van der Waals surface area contributed by atoms with E-state index >= 15 is 0 Å². The van der Waals surface area contributed by atoms with Crippen molar-refractivity contribution in [2.45, 2.75) is 66.2 Å². The number of carbonyl (C=O) groups excluding carboxylic acids is 2. The van der Waals surface area contributed by atoms with E-state index in [1.807, 2.05) is 0 Å². The molecule has 0 aromatic rings. The van der Waals surface area contributed by atoms with Crippen molar-refractivity contribution in [2.75, 3.05) is 7.11 Å². The third-order valence-corrected chi connectivity index (χ3v) is 7.35. The first-order valence-corrected chi connectivity index (χ1v) is 8.98. The molecule has 3 aliphatic carbocycles. The Kier molecular flexibility index (Phi) is 3.77. The summed E-state index contributed by atoms with van der Waals surface area (Å²) in [6.45, 7) is 8.98. The topological polar surface area (TPSA) is 43.4 Å². The Hall–Kier alpha value is -1.12. The van der Waals surface area contributed by atoms with Crippen LogP contribution in [-0.2, 0) is 14.3 Å². The van der Waals surface area contributed by atoms with E-state index in [1.165, 1.54) is 38.4 Å². The molecule has 128 valence electrons. The molecule has 0 bridgehead atoms. The average Bonchev–Trinajstić information content (AvgIpc) is 2.47. The van der Waals surface area contributed by atoms with Crippen LogP contribution in [0.25, 0.3) is 0 Å². The largest absolute Gasteiger partial charge is 0.468 e. The number of fused-ring (bicyclic) bond motifs is 3. The lowest BCUT2D eigenvalue weighted by molar-refractivity contribution is -0.159. The molecule has 4 atom stereocenters. The summed E-state index contributed by atoms with van der Waals surface area (Å²) in [5.74, 6) is 0.565. The van der Waals surface area contributed by atoms with Gasteiger partial charge in [0.25, 0.3) is 0 Å². The summed E-state index contributed by atoms with van der Waals surface area (Å²) in [7, 11) is 1.38. The number of esters is 1. The maximum absolute atomic E-state index is 12.6. The van der Waals surface area contributed by atoms with Crippen LogP contribution in [0.1, 0.15) is 66.2 Å². The summed E-state index contributed by atoms with van der Waals surface area (Å²) >= 11 is 0. The molecule has 0 aliphatic heterocycles. The van der Waals surface area contributed by atoms with E-state index in [2.05, 4.69) is 20.8 Å². The Morgan fingerprint density at radius 1 is 1.22 bits per heavy atom. The van der Waals surface area contributed by atoms with Crippen LogP contribution < -0.4 is 0 Å². The van der Waals surface area contributed by atoms with Crippen LogP contribution in [-0.4, -0.2) is 18.9 Å². The normalized spacial score (nSPS) is 42.3. The van der Waals surface area contributed by atoms with Crippen LogP contribution in [0.5, 0.6) is 0 Å². The smallest absolute Gasteiger partial charge is 0.319 e. The predicted molar refractivity (Wildman–Crippen MR) is 89.8 cm³/mol. The van der Waals surface area contributed by atoms with Crippen LogP contribution in [0.3, 0.4) is 0 Å². The molecule has 0 aromatic carbocycles. The van der Waals surface area contributed by atoms with E-state index in [9.17, 15) is 9.59 Å². The fraction of sp³-hybridized carbons (Fsp3) is 0.800. The summed E-state index contributed by atoms with van der Waals surface area (Å²) in [6.07, 6.45) is 8.32. The van der Waals surface area contributed by atoms with Crippen molar-refractivity contribution in [3.8, 4) is 0 Å². The van der Waals surface area contributed by atoms with Gasteiger partial charge in [0, 0.05) is 0 Å². The van der Waals surface area contributed by atoms with Crippen LogP contribution in [0.4, 0.5) is 0 Å². The van der Waals surface area contributed by atoms with E-state index in [0.717, 1.165) is 6.42 Å². The van der Waals surface area contributed by atoms with E-state index < -0.39 is 5.41 Å². The summed E-state index contributed by atoms with van der Waals surface area (Å²) in [5.41, 5.74) is 0.826. The van der Waals surface area contributed by atoms with Crippen molar-refractivity contribution in [1.82, 2.24) is 0 Å². The third-order valence-electron chi connectivity index (χ3n) is 7.35. The van der Waals surface area contributed by atoms with E-state index in [1.54, 1.807) is 13.0 Å². The van der Waals surface area contributed by atoms with Crippen LogP contribution >= 0.6 is 0 Å². The average molecular weight is 318 g/mol. The Morgan fingerprint density at radius 3 is 2.57 bits per heavy atom. The van der Waals surface area contributed by atoms with Gasteiger partial charge in [0.15, 0.2) is 5.78 Å². The van der Waals surface area contributed by atoms with Gasteiger partial charge in [-0.2, -0.15) is 0 Å². The van der Waals surface area contributed by atoms with Crippen molar-refractivity contribution < 1.29 is 14.3 Å². The minimum absolute atomic E-state index is 0.0623. The molecule has 0 spiro atoms. The number of hydrogen-bond donors (Lipinski definition) is 0. The molecule has 2 saturated carbocycles. The lowest BCUT2D eigenvalue weighted by Crippen LogP contribution is -2.53. The van der Waals surface area contributed by atoms with Gasteiger partial charge in [0.2, 0.25) is 0 Å². The molecule has 0 aromatic heterocycles. The standard InChI is InChI=1S/C20H30O3/c1-18(2)9-6-10-19(3)14-12-20(4,17(22)23-5)16(21)11-13(14)7-8-15(18)19/h11,14-15H,6-10,12H2,1-5H3/t14-,15-,19+,20-/m0/s1. The zero-order valence-corrected chi connectivity index (χ0v) is 15.2. The fourth-order valence-corrected chi connectivity index (χ4v) is 6.00. The number of methoxy groups -OCH3 is 1. The lowest BCUT2D eigenvalue weighted by Gasteiger charge is -2.59. The van der Waals surface area contributed by atoms with Gasteiger partial charge in [0.1, 0.15) is 5.41 Å². The van der Waals surface area contributed by atoms with Crippen molar-refractivity contribution in [2.24, 2.45) is 28.1 Å². The molecule has 3 rings (SSSR count). The van der Waals surface area contributed by atoms with E-state index in [0.29, 0.717) is 23.7 Å². The first kappa shape index (κ1) is 16.7. The zero-order chi connectivity index (χ0) is 17.0. The molecule has 0 heterocycles. The number of carbonyl (C=O) groups is 2. The van der Waals surface area contributed by atoms with Gasteiger partial charge in [-0.05, 0) is 67.8 Å². The first-order chi connectivity index (χ1) is 10.6. The third kappa shape index (κ3) is 2.30. The highest BCUT2D eigenvalue weighted by atomic mass is 16.5. The Morgan fingerprint density at radius 2 is 1.91 bits per heavy atom.